The van der Waals surface area contributed by atoms with E-state index in [9.17, 15) is 13.6 Å². The molecule has 0 aliphatic heterocycles. The fourth-order valence-corrected chi connectivity index (χ4v) is 3.94. The van der Waals surface area contributed by atoms with Crippen LogP contribution in [0.3, 0.4) is 0 Å². The van der Waals surface area contributed by atoms with Crippen molar-refractivity contribution in [2.45, 2.75) is 6.42 Å². The number of hydrogen-bond acceptors (Lipinski definition) is 5. The van der Waals surface area contributed by atoms with Crippen molar-refractivity contribution in [1.82, 2.24) is 9.38 Å². The van der Waals surface area contributed by atoms with Gasteiger partial charge in [-0.15, -0.1) is 11.3 Å². The van der Waals surface area contributed by atoms with Gasteiger partial charge in [0.15, 0.2) is 4.96 Å². The van der Waals surface area contributed by atoms with Crippen molar-refractivity contribution in [3.05, 3.63) is 65.3 Å². The summed E-state index contributed by atoms with van der Waals surface area (Å²) >= 11 is 1.36. The molecule has 1 amide bonds. The molecule has 0 aliphatic rings. The number of halogens is 2. The molecule has 30 heavy (non-hydrogen) atoms. The Labute approximate surface area is 174 Å². The molecule has 6 nitrogen and oxygen atoms in total. The van der Waals surface area contributed by atoms with Crippen molar-refractivity contribution in [1.29, 1.82) is 0 Å². The highest BCUT2D eigenvalue weighted by Crippen LogP contribution is 2.34. The van der Waals surface area contributed by atoms with Crippen LogP contribution in [0.5, 0.6) is 11.5 Å². The van der Waals surface area contributed by atoms with Crippen LogP contribution in [0.1, 0.15) is 5.69 Å². The van der Waals surface area contributed by atoms with Crippen molar-refractivity contribution in [2.24, 2.45) is 0 Å². The molecule has 4 rings (SSSR count). The smallest absolute Gasteiger partial charge is 0.230 e. The van der Waals surface area contributed by atoms with Crippen LogP contribution >= 0.6 is 11.3 Å². The molecule has 0 saturated heterocycles. The van der Waals surface area contributed by atoms with E-state index in [1.165, 1.54) is 17.4 Å². The lowest BCUT2D eigenvalue weighted by atomic mass is 10.1. The number of thiazole rings is 1. The van der Waals surface area contributed by atoms with Gasteiger partial charge in [-0.25, -0.2) is 13.8 Å². The number of aromatic nitrogens is 2. The molecule has 0 atom stereocenters. The highest BCUT2D eigenvalue weighted by atomic mass is 32.1. The molecule has 0 spiro atoms. The molecule has 154 valence electrons. The van der Waals surface area contributed by atoms with Gasteiger partial charge < -0.3 is 14.8 Å². The Morgan fingerprint density at radius 1 is 1.17 bits per heavy atom. The van der Waals surface area contributed by atoms with Gasteiger partial charge in [-0.1, -0.05) is 6.07 Å². The number of imidazole rings is 1. The number of fused-ring (bicyclic) bond motifs is 1. The maximum absolute atomic E-state index is 13.8. The lowest BCUT2D eigenvalue weighted by Crippen LogP contribution is -2.17. The van der Waals surface area contributed by atoms with Gasteiger partial charge in [-0.2, -0.15) is 0 Å². The SMILES string of the molecule is COc1ccc(OC)c(-c2cn3c(CC(=O)Nc4c(F)cccc4F)csc3n2)c1. The van der Waals surface area contributed by atoms with Gasteiger partial charge >= 0.3 is 0 Å². The highest BCUT2D eigenvalue weighted by Gasteiger charge is 2.17. The Morgan fingerprint density at radius 2 is 1.93 bits per heavy atom. The number of benzene rings is 2. The summed E-state index contributed by atoms with van der Waals surface area (Å²) in [5.41, 5.74) is 1.59. The first kappa shape index (κ1) is 19.8. The number of ether oxygens (including phenoxy) is 2. The average Bonchev–Trinajstić information content (AvgIpc) is 3.32. The second-order valence-electron chi connectivity index (χ2n) is 6.39. The number of anilines is 1. The Kier molecular flexibility index (Phi) is 5.37. The standard InChI is InChI=1S/C21H17F2N3O3S/c1-28-13-6-7-18(29-2)14(9-13)17-10-26-12(11-30-21(26)24-17)8-19(27)25-20-15(22)4-3-5-16(20)23/h3-7,9-11H,8H2,1-2H3,(H,25,27). The number of para-hydroxylation sites is 1. The van der Waals surface area contributed by atoms with Gasteiger partial charge in [0.05, 0.1) is 26.3 Å². The Morgan fingerprint density at radius 3 is 2.63 bits per heavy atom. The largest absolute Gasteiger partial charge is 0.497 e. The lowest BCUT2D eigenvalue weighted by Gasteiger charge is -2.08. The number of nitrogens with zero attached hydrogens (tertiary/aromatic N) is 2. The predicted molar refractivity (Wildman–Crippen MR) is 110 cm³/mol. The molecular formula is C21H17F2N3O3S. The molecular weight excluding hydrogens is 412 g/mol. The zero-order chi connectivity index (χ0) is 21.3. The molecule has 0 unspecified atom stereocenters. The summed E-state index contributed by atoms with van der Waals surface area (Å²) in [6, 6.07) is 8.81. The third-order valence-corrected chi connectivity index (χ3v) is 5.42. The Balaban J connectivity index is 1.62. The lowest BCUT2D eigenvalue weighted by molar-refractivity contribution is -0.115. The van der Waals surface area contributed by atoms with Gasteiger partial charge in [0.25, 0.3) is 0 Å². The second-order valence-corrected chi connectivity index (χ2v) is 7.23. The van der Waals surface area contributed by atoms with Crippen molar-refractivity contribution in [3.63, 3.8) is 0 Å². The zero-order valence-electron chi connectivity index (χ0n) is 16.1. The minimum Gasteiger partial charge on any atom is -0.497 e. The van der Waals surface area contributed by atoms with Crippen LogP contribution in [-0.4, -0.2) is 29.5 Å². The fraction of sp³-hybridized carbons (Fsp3) is 0.143. The van der Waals surface area contributed by atoms with Crippen molar-refractivity contribution >= 4 is 27.9 Å². The minimum atomic E-state index is -0.825. The van der Waals surface area contributed by atoms with Crippen molar-refractivity contribution in [2.75, 3.05) is 19.5 Å². The van der Waals surface area contributed by atoms with Gasteiger partial charge in [0.1, 0.15) is 28.8 Å². The topological polar surface area (TPSA) is 64.9 Å². The normalized spacial score (nSPS) is 10.9. The van der Waals surface area contributed by atoms with E-state index in [2.05, 4.69) is 10.3 Å². The van der Waals surface area contributed by atoms with Crippen molar-refractivity contribution in [3.8, 4) is 22.8 Å². The van der Waals surface area contributed by atoms with Gasteiger partial charge in [-0.05, 0) is 30.3 Å². The Hall–Kier alpha value is -3.46. The first-order valence-electron chi connectivity index (χ1n) is 8.92. The maximum Gasteiger partial charge on any atom is 0.230 e. The predicted octanol–water partition coefficient (Wildman–Crippen LogP) is 4.54. The summed E-state index contributed by atoms with van der Waals surface area (Å²) in [7, 11) is 3.15. The molecule has 4 aromatic rings. The number of carbonyl (C=O) groups is 1. The zero-order valence-corrected chi connectivity index (χ0v) is 16.9. The summed E-state index contributed by atoms with van der Waals surface area (Å²) in [4.78, 5) is 17.7. The summed E-state index contributed by atoms with van der Waals surface area (Å²) in [5, 5.41) is 4.08. The Bertz CT molecular complexity index is 1220. The summed E-state index contributed by atoms with van der Waals surface area (Å²) in [6.07, 6.45) is 1.72. The summed E-state index contributed by atoms with van der Waals surface area (Å²) < 4.78 is 40.0. The highest BCUT2D eigenvalue weighted by molar-refractivity contribution is 7.15. The number of amides is 1. The van der Waals surface area contributed by atoms with E-state index in [1.807, 2.05) is 6.07 Å². The molecule has 0 fully saturated rings. The quantitative estimate of drug-likeness (QED) is 0.489. The number of methoxy groups -OCH3 is 2. The first-order chi connectivity index (χ1) is 14.5. The van der Waals surface area contributed by atoms with E-state index in [4.69, 9.17) is 9.47 Å². The first-order valence-corrected chi connectivity index (χ1v) is 9.80. The van der Waals surface area contributed by atoms with Gasteiger partial charge in [-0.3, -0.25) is 9.20 Å². The third-order valence-electron chi connectivity index (χ3n) is 4.53. The third kappa shape index (κ3) is 3.71. The minimum absolute atomic E-state index is 0.0706. The summed E-state index contributed by atoms with van der Waals surface area (Å²) in [5.74, 6) is -0.889. The van der Waals surface area contributed by atoms with Crippen LogP contribution in [0.4, 0.5) is 14.5 Å². The van der Waals surface area contributed by atoms with Crippen LogP contribution in [0.2, 0.25) is 0 Å². The van der Waals surface area contributed by atoms with E-state index in [1.54, 1.807) is 42.3 Å². The molecule has 9 heteroatoms. The van der Waals surface area contributed by atoms with Crippen LogP contribution in [0.25, 0.3) is 16.2 Å². The van der Waals surface area contributed by atoms with E-state index >= 15 is 0 Å². The molecule has 0 bridgehead atoms. The van der Waals surface area contributed by atoms with Gasteiger partial charge in [0.2, 0.25) is 5.91 Å². The number of nitrogens with one attached hydrogen (secondary N) is 1. The van der Waals surface area contributed by atoms with E-state index in [-0.39, 0.29) is 6.42 Å². The second kappa shape index (κ2) is 8.11. The fourth-order valence-electron chi connectivity index (χ4n) is 3.07. The molecule has 1 N–H and O–H groups in total. The molecule has 2 heterocycles. The number of rotatable bonds is 6. The van der Waals surface area contributed by atoms with Crippen molar-refractivity contribution < 1.29 is 23.0 Å². The van der Waals surface area contributed by atoms with Crippen LogP contribution < -0.4 is 14.8 Å². The number of hydrogen-bond donors (Lipinski definition) is 1. The molecule has 2 aromatic carbocycles. The summed E-state index contributed by atoms with van der Waals surface area (Å²) in [6.45, 7) is 0. The van der Waals surface area contributed by atoms with E-state index in [0.29, 0.717) is 27.8 Å². The maximum atomic E-state index is 13.8. The van der Waals surface area contributed by atoms with Crippen LogP contribution in [0, 0.1) is 11.6 Å². The average molecular weight is 429 g/mol. The molecule has 2 aromatic heterocycles. The van der Waals surface area contributed by atoms with Crippen LogP contribution in [0.15, 0.2) is 48.0 Å². The van der Waals surface area contributed by atoms with E-state index < -0.39 is 23.2 Å². The van der Waals surface area contributed by atoms with Gasteiger partial charge in [0, 0.05) is 22.8 Å². The van der Waals surface area contributed by atoms with Crippen LogP contribution in [-0.2, 0) is 11.2 Å². The van der Waals surface area contributed by atoms with E-state index in [0.717, 1.165) is 17.7 Å². The monoisotopic (exact) mass is 429 g/mol. The number of carbonyl (C=O) groups excluding carboxylic acids is 1. The molecule has 0 aliphatic carbocycles. The molecule has 0 saturated carbocycles. The molecule has 0 radical (unpaired) electrons.